The minimum absolute atomic E-state index is 0.243. The van der Waals surface area contributed by atoms with E-state index in [1.54, 1.807) is 12.1 Å². The summed E-state index contributed by atoms with van der Waals surface area (Å²) in [6.45, 7) is 3.04. The molecule has 1 N–H and O–H groups in total. The first-order valence-electron chi connectivity index (χ1n) is 7.56. The summed E-state index contributed by atoms with van der Waals surface area (Å²) in [7, 11) is 1.50. The molecule has 0 bridgehead atoms. The summed E-state index contributed by atoms with van der Waals surface area (Å²) in [4.78, 5) is 2.33. The summed E-state index contributed by atoms with van der Waals surface area (Å²) >= 11 is 0. The number of ether oxygens (including phenoxy) is 1. The van der Waals surface area contributed by atoms with Crippen LogP contribution in [0.1, 0.15) is 32.1 Å². The Balaban J connectivity index is 1.82. The van der Waals surface area contributed by atoms with Crippen molar-refractivity contribution in [3.8, 4) is 5.75 Å². The second kappa shape index (κ2) is 5.60. The van der Waals surface area contributed by atoms with Crippen molar-refractivity contribution < 1.29 is 9.13 Å². The average Bonchev–Trinajstić information content (AvgIpc) is 2.79. The number of methoxy groups -OCH3 is 1. The van der Waals surface area contributed by atoms with Gasteiger partial charge in [-0.1, -0.05) is 12.8 Å². The van der Waals surface area contributed by atoms with Gasteiger partial charge in [0.15, 0.2) is 11.6 Å². The molecule has 1 saturated heterocycles. The lowest BCUT2D eigenvalue weighted by molar-refractivity contribution is 0.354. The minimum Gasteiger partial charge on any atom is -0.494 e. The molecule has 1 aliphatic heterocycles. The van der Waals surface area contributed by atoms with E-state index in [-0.39, 0.29) is 11.4 Å². The number of nitrogens with one attached hydrogen (secondary N) is 1. The highest BCUT2D eigenvalue weighted by molar-refractivity contribution is 5.50. The van der Waals surface area contributed by atoms with Gasteiger partial charge >= 0.3 is 0 Å². The van der Waals surface area contributed by atoms with Crippen molar-refractivity contribution in [2.24, 2.45) is 0 Å². The van der Waals surface area contributed by atoms with Gasteiger partial charge in [0, 0.05) is 30.4 Å². The quantitative estimate of drug-likeness (QED) is 0.900. The molecular weight excluding hydrogens is 255 g/mol. The Bertz CT molecular complexity index is 472. The van der Waals surface area contributed by atoms with Crippen LogP contribution in [-0.2, 0) is 0 Å². The van der Waals surface area contributed by atoms with Crippen molar-refractivity contribution >= 4 is 5.69 Å². The molecule has 0 amide bonds. The molecule has 1 spiro atoms. The third-order valence-corrected chi connectivity index (χ3v) is 4.66. The van der Waals surface area contributed by atoms with Gasteiger partial charge in [-0.25, -0.2) is 4.39 Å². The van der Waals surface area contributed by atoms with E-state index in [1.807, 2.05) is 6.07 Å². The highest BCUT2D eigenvalue weighted by Crippen LogP contribution is 2.34. The Morgan fingerprint density at radius 1 is 1.25 bits per heavy atom. The lowest BCUT2D eigenvalue weighted by Gasteiger charge is -2.34. The lowest BCUT2D eigenvalue weighted by atomic mass is 9.97. The number of halogens is 1. The van der Waals surface area contributed by atoms with E-state index in [2.05, 4.69) is 10.2 Å². The zero-order valence-corrected chi connectivity index (χ0v) is 12.1. The Morgan fingerprint density at radius 3 is 2.75 bits per heavy atom. The molecule has 2 fully saturated rings. The van der Waals surface area contributed by atoms with Crippen LogP contribution in [0.3, 0.4) is 0 Å². The zero-order valence-electron chi connectivity index (χ0n) is 12.1. The monoisotopic (exact) mass is 278 g/mol. The first kappa shape index (κ1) is 13.7. The highest BCUT2D eigenvalue weighted by atomic mass is 19.1. The molecule has 0 radical (unpaired) electrons. The summed E-state index contributed by atoms with van der Waals surface area (Å²) < 4.78 is 18.9. The van der Waals surface area contributed by atoms with Gasteiger partial charge < -0.3 is 15.0 Å². The molecule has 3 rings (SSSR count). The molecule has 1 heterocycles. The van der Waals surface area contributed by atoms with E-state index >= 15 is 0 Å². The van der Waals surface area contributed by atoms with Gasteiger partial charge in [-0.2, -0.15) is 0 Å². The molecule has 110 valence electrons. The molecular formula is C16H23FN2O. The van der Waals surface area contributed by atoms with Crippen molar-refractivity contribution in [3.63, 3.8) is 0 Å². The van der Waals surface area contributed by atoms with E-state index in [9.17, 15) is 4.39 Å². The van der Waals surface area contributed by atoms with Crippen LogP contribution < -0.4 is 15.0 Å². The van der Waals surface area contributed by atoms with Gasteiger partial charge in [-0.3, -0.25) is 0 Å². The van der Waals surface area contributed by atoms with Gasteiger partial charge in [0.1, 0.15) is 0 Å². The van der Waals surface area contributed by atoms with E-state index < -0.39 is 0 Å². The Morgan fingerprint density at radius 2 is 2.05 bits per heavy atom. The van der Waals surface area contributed by atoms with E-state index in [1.165, 1.54) is 32.8 Å². The van der Waals surface area contributed by atoms with Gasteiger partial charge in [0.05, 0.1) is 7.11 Å². The Kier molecular flexibility index (Phi) is 3.83. The second-order valence-electron chi connectivity index (χ2n) is 6.01. The normalized spacial score (nSPS) is 22.0. The molecule has 3 nitrogen and oxygen atoms in total. The van der Waals surface area contributed by atoms with E-state index in [0.29, 0.717) is 5.75 Å². The fourth-order valence-corrected chi connectivity index (χ4v) is 3.58. The lowest BCUT2D eigenvalue weighted by Crippen LogP contribution is -2.49. The van der Waals surface area contributed by atoms with Gasteiger partial charge in [0.2, 0.25) is 0 Å². The number of anilines is 1. The molecule has 2 aliphatic rings. The average molecular weight is 278 g/mol. The summed E-state index contributed by atoms with van der Waals surface area (Å²) in [6.07, 6.45) is 6.19. The number of hydrogen-bond acceptors (Lipinski definition) is 3. The molecule has 4 heteroatoms. The summed E-state index contributed by atoms with van der Waals surface area (Å²) in [5.41, 5.74) is 1.21. The standard InChI is InChI=1S/C16H23FN2O/c1-20-15-6-5-13(11-14(15)17)19-10-4-9-18-16(12-19)7-2-3-8-16/h5-6,11,18H,2-4,7-10,12H2,1H3. The first-order valence-corrected chi connectivity index (χ1v) is 7.56. The maximum Gasteiger partial charge on any atom is 0.167 e. The van der Waals surface area contributed by atoms with Crippen LogP contribution >= 0.6 is 0 Å². The molecule has 0 unspecified atom stereocenters. The topological polar surface area (TPSA) is 24.5 Å². The van der Waals surface area contributed by atoms with Crippen LogP contribution in [0.2, 0.25) is 0 Å². The van der Waals surface area contributed by atoms with E-state index in [4.69, 9.17) is 4.74 Å². The molecule has 1 aliphatic carbocycles. The van der Waals surface area contributed by atoms with Crippen LogP contribution in [0.15, 0.2) is 18.2 Å². The van der Waals surface area contributed by atoms with Crippen molar-refractivity contribution in [3.05, 3.63) is 24.0 Å². The molecule has 1 aromatic carbocycles. The van der Waals surface area contributed by atoms with Crippen molar-refractivity contribution in [2.75, 3.05) is 31.6 Å². The second-order valence-corrected chi connectivity index (χ2v) is 6.01. The van der Waals surface area contributed by atoms with Crippen molar-refractivity contribution in [1.82, 2.24) is 5.32 Å². The summed E-state index contributed by atoms with van der Waals surface area (Å²) in [5, 5.41) is 3.73. The van der Waals surface area contributed by atoms with Crippen LogP contribution in [0.4, 0.5) is 10.1 Å². The largest absolute Gasteiger partial charge is 0.494 e. The smallest absolute Gasteiger partial charge is 0.167 e. The molecule has 20 heavy (non-hydrogen) atoms. The molecule has 1 saturated carbocycles. The molecule has 0 atom stereocenters. The maximum absolute atomic E-state index is 13.9. The number of benzene rings is 1. The Hall–Kier alpha value is -1.29. The van der Waals surface area contributed by atoms with Crippen LogP contribution in [-0.4, -0.2) is 32.3 Å². The number of nitrogens with zero attached hydrogens (tertiary/aromatic N) is 1. The van der Waals surface area contributed by atoms with Crippen LogP contribution in [0.25, 0.3) is 0 Å². The third-order valence-electron chi connectivity index (χ3n) is 4.66. The highest BCUT2D eigenvalue weighted by Gasteiger charge is 2.36. The minimum atomic E-state index is -0.275. The predicted molar refractivity (Wildman–Crippen MR) is 79.0 cm³/mol. The predicted octanol–water partition coefficient (Wildman–Crippen LogP) is 2.95. The van der Waals surface area contributed by atoms with Crippen LogP contribution in [0.5, 0.6) is 5.75 Å². The summed E-state index contributed by atoms with van der Waals surface area (Å²) in [6, 6.07) is 5.30. The SMILES string of the molecule is COc1ccc(N2CCCNC3(CCCC3)C2)cc1F. The van der Waals surface area contributed by atoms with Gasteiger partial charge in [-0.15, -0.1) is 0 Å². The summed E-state index contributed by atoms with van der Waals surface area (Å²) in [5.74, 6) is 0.0416. The van der Waals surface area contributed by atoms with Gasteiger partial charge in [0.25, 0.3) is 0 Å². The molecule has 1 aromatic rings. The number of hydrogen-bond donors (Lipinski definition) is 1. The number of rotatable bonds is 2. The van der Waals surface area contributed by atoms with Crippen molar-refractivity contribution in [1.29, 1.82) is 0 Å². The van der Waals surface area contributed by atoms with Crippen molar-refractivity contribution in [2.45, 2.75) is 37.6 Å². The molecule has 0 aromatic heterocycles. The first-order chi connectivity index (χ1) is 9.72. The zero-order chi connectivity index (χ0) is 14.0. The Labute approximate surface area is 120 Å². The maximum atomic E-state index is 13.9. The third kappa shape index (κ3) is 2.62. The fourth-order valence-electron chi connectivity index (χ4n) is 3.58. The van der Waals surface area contributed by atoms with Crippen LogP contribution in [0, 0.1) is 5.82 Å². The van der Waals surface area contributed by atoms with E-state index in [0.717, 1.165) is 31.7 Å². The fraction of sp³-hybridized carbons (Fsp3) is 0.625. The van der Waals surface area contributed by atoms with Gasteiger partial charge in [-0.05, 0) is 37.9 Å².